The lowest BCUT2D eigenvalue weighted by Gasteiger charge is -1.92. The molecule has 0 saturated heterocycles. The summed E-state index contributed by atoms with van der Waals surface area (Å²) in [6.45, 7) is 0. The molecule has 0 bridgehead atoms. The molecule has 0 aromatic carbocycles. The topological polar surface area (TPSA) is 17.3 Å². The molecule has 0 N–H and O–H groups in total. The Morgan fingerprint density at radius 1 is 1.46 bits per heavy atom. The SMILES string of the molecule is ClCCCCc1cn2ccsc2n1. The van der Waals surface area contributed by atoms with Crippen LogP contribution in [-0.2, 0) is 6.42 Å². The molecule has 0 aliphatic heterocycles. The van der Waals surface area contributed by atoms with Crippen molar-refractivity contribution in [2.45, 2.75) is 19.3 Å². The number of alkyl halides is 1. The number of nitrogens with zero attached hydrogens (tertiary/aromatic N) is 2. The van der Waals surface area contributed by atoms with Gasteiger partial charge in [0.1, 0.15) is 0 Å². The lowest BCUT2D eigenvalue weighted by atomic mass is 10.2. The van der Waals surface area contributed by atoms with Gasteiger partial charge < -0.3 is 0 Å². The molecule has 2 heterocycles. The van der Waals surface area contributed by atoms with E-state index in [-0.39, 0.29) is 0 Å². The number of aromatic nitrogens is 2. The summed E-state index contributed by atoms with van der Waals surface area (Å²) in [7, 11) is 0. The molecule has 0 aliphatic carbocycles. The fourth-order valence-electron chi connectivity index (χ4n) is 1.30. The average molecular weight is 215 g/mol. The van der Waals surface area contributed by atoms with E-state index in [0.717, 1.165) is 30.1 Å². The van der Waals surface area contributed by atoms with E-state index in [1.165, 1.54) is 5.69 Å². The van der Waals surface area contributed by atoms with E-state index in [1.807, 2.05) is 11.6 Å². The van der Waals surface area contributed by atoms with Crippen LogP contribution in [0.3, 0.4) is 0 Å². The van der Waals surface area contributed by atoms with Crippen molar-refractivity contribution in [3.63, 3.8) is 0 Å². The van der Waals surface area contributed by atoms with Crippen LogP contribution in [0, 0.1) is 0 Å². The maximum atomic E-state index is 5.60. The number of rotatable bonds is 4. The molecular weight excluding hydrogens is 204 g/mol. The summed E-state index contributed by atoms with van der Waals surface area (Å²) < 4.78 is 2.07. The van der Waals surface area contributed by atoms with Crippen LogP contribution in [-0.4, -0.2) is 15.3 Å². The third-order valence-corrected chi connectivity index (χ3v) is 3.00. The second kappa shape index (κ2) is 4.11. The lowest BCUT2D eigenvalue weighted by Crippen LogP contribution is -1.85. The van der Waals surface area contributed by atoms with E-state index in [4.69, 9.17) is 11.6 Å². The molecule has 2 aromatic heterocycles. The van der Waals surface area contributed by atoms with E-state index in [0.29, 0.717) is 0 Å². The van der Waals surface area contributed by atoms with Crippen LogP contribution in [0.2, 0.25) is 0 Å². The van der Waals surface area contributed by atoms with Crippen molar-refractivity contribution in [1.82, 2.24) is 9.38 Å². The molecule has 13 heavy (non-hydrogen) atoms. The summed E-state index contributed by atoms with van der Waals surface area (Å²) in [5.41, 5.74) is 1.18. The summed E-state index contributed by atoms with van der Waals surface area (Å²) in [6, 6.07) is 0. The maximum Gasteiger partial charge on any atom is 0.193 e. The largest absolute Gasteiger partial charge is 0.297 e. The molecule has 0 saturated carbocycles. The highest BCUT2D eigenvalue weighted by atomic mass is 35.5. The Kier molecular flexibility index (Phi) is 2.86. The first kappa shape index (κ1) is 9.03. The molecule has 0 atom stereocenters. The number of aryl methyl sites for hydroxylation is 1. The zero-order valence-electron chi connectivity index (χ0n) is 7.24. The quantitative estimate of drug-likeness (QED) is 0.565. The van der Waals surface area contributed by atoms with E-state index >= 15 is 0 Å². The van der Waals surface area contributed by atoms with Gasteiger partial charge in [0, 0.05) is 23.7 Å². The van der Waals surface area contributed by atoms with Crippen molar-refractivity contribution in [2.75, 3.05) is 5.88 Å². The minimum absolute atomic E-state index is 0.752. The molecule has 0 spiro atoms. The van der Waals surface area contributed by atoms with Gasteiger partial charge in [0.2, 0.25) is 0 Å². The van der Waals surface area contributed by atoms with Crippen LogP contribution in [0.25, 0.3) is 4.96 Å². The van der Waals surface area contributed by atoms with Crippen molar-refractivity contribution in [3.05, 3.63) is 23.5 Å². The van der Waals surface area contributed by atoms with Crippen LogP contribution >= 0.6 is 22.9 Å². The van der Waals surface area contributed by atoms with Gasteiger partial charge in [0.25, 0.3) is 0 Å². The molecule has 0 amide bonds. The van der Waals surface area contributed by atoms with Gasteiger partial charge in [-0.2, -0.15) is 0 Å². The fourth-order valence-corrected chi connectivity index (χ4v) is 2.21. The molecule has 0 fully saturated rings. The molecule has 0 aliphatic rings. The Morgan fingerprint density at radius 2 is 2.38 bits per heavy atom. The standard InChI is InChI=1S/C9H11ClN2S/c10-4-2-1-3-8-7-12-5-6-13-9(12)11-8/h5-7H,1-4H2. The first-order valence-corrected chi connectivity index (χ1v) is 5.78. The highest BCUT2D eigenvalue weighted by Gasteiger charge is 2.01. The summed E-state index contributed by atoms with van der Waals surface area (Å²) in [4.78, 5) is 5.57. The van der Waals surface area contributed by atoms with Gasteiger partial charge in [0.15, 0.2) is 4.96 Å². The van der Waals surface area contributed by atoms with Crippen LogP contribution < -0.4 is 0 Å². The maximum absolute atomic E-state index is 5.60. The van der Waals surface area contributed by atoms with Crippen molar-refractivity contribution in [1.29, 1.82) is 0 Å². The van der Waals surface area contributed by atoms with Crippen molar-refractivity contribution < 1.29 is 0 Å². The Balaban J connectivity index is 2.03. The number of hydrogen-bond acceptors (Lipinski definition) is 2. The normalized spacial score (nSPS) is 11.2. The van der Waals surface area contributed by atoms with E-state index < -0.39 is 0 Å². The van der Waals surface area contributed by atoms with Gasteiger partial charge in [-0.25, -0.2) is 4.98 Å². The molecule has 2 nitrogen and oxygen atoms in total. The van der Waals surface area contributed by atoms with Gasteiger partial charge in [-0.15, -0.1) is 22.9 Å². The Bertz CT molecular complexity index is 351. The van der Waals surface area contributed by atoms with Crippen LogP contribution in [0.4, 0.5) is 0 Å². The summed E-state index contributed by atoms with van der Waals surface area (Å²) >= 11 is 7.27. The number of hydrogen-bond donors (Lipinski definition) is 0. The first-order valence-electron chi connectivity index (χ1n) is 4.37. The fraction of sp³-hybridized carbons (Fsp3) is 0.444. The first-order chi connectivity index (χ1) is 6.40. The van der Waals surface area contributed by atoms with Crippen molar-refractivity contribution in [2.24, 2.45) is 0 Å². The molecular formula is C9H11ClN2S. The highest BCUT2D eigenvalue weighted by Crippen LogP contribution is 2.12. The number of halogens is 1. The zero-order valence-corrected chi connectivity index (χ0v) is 8.81. The Labute approximate surface area is 86.2 Å². The highest BCUT2D eigenvalue weighted by molar-refractivity contribution is 7.15. The lowest BCUT2D eigenvalue weighted by molar-refractivity contribution is 0.786. The van der Waals surface area contributed by atoms with Gasteiger partial charge in [-0.1, -0.05) is 0 Å². The minimum atomic E-state index is 0.752. The van der Waals surface area contributed by atoms with Crippen LogP contribution in [0.15, 0.2) is 17.8 Å². The number of fused-ring (bicyclic) bond motifs is 1. The number of thiazole rings is 1. The van der Waals surface area contributed by atoms with Gasteiger partial charge >= 0.3 is 0 Å². The molecule has 0 radical (unpaired) electrons. The molecule has 70 valence electrons. The second-order valence-corrected chi connectivity index (χ2v) is 4.22. The minimum Gasteiger partial charge on any atom is -0.297 e. The molecule has 2 rings (SSSR count). The smallest absolute Gasteiger partial charge is 0.193 e. The summed E-state index contributed by atoms with van der Waals surface area (Å²) in [5.74, 6) is 0.752. The van der Waals surface area contributed by atoms with Crippen molar-refractivity contribution >= 4 is 27.9 Å². The second-order valence-electron chi connectivity index (χ2n) is 2.97. The third kappa shape index (κ3) is 2.03. The summed E-state index contributed by atoms with van der Waals surface area (Å²) in [6.07, 6.45) is 7.39. The molecule has 2 aromatic rings. The van der Waals surface area contributed by atoms with E-state index in [1.54, 1.807) is 11.3 Å². The van der Waals surface area contributed by atoms with E-state index in [2.05, 4.69) is 15.6 Å². The van der Waals surface area contributed by atoms with Gasteiger partial charge in [0.05, 0.1) is 5.69 Å². The van der Waals surface area contributed by atoms with Gasteiger partial charge in [-0.05, 0) is 19.3 Å². The van der Waals surface area contributed by atoms with Gasteiger partial charge in [-0.3, -0.25) is 4.40 Å². The number of imidazole rings is 1. The van der Waals surface area contributed by atoms with Crippen LogP contribution in [0.5, 0.6) is 0 Å². The monoisotopic (exact) mass is 214 g/mol. The zero-order chi connectivity index (χ0) is 9.10. The van der Waals surface area contributed by atoms with Crippen molar-refractivity contribution in [3.8, 4) is 0 Å². The molecule has 0 unspecified atom stereocenters. The van der Waals surface area contributed by atoms with Crippen LogP contribution in [0.1, 0.15) is 18.5 Å². The predicted molar refractivity (Wildman–Crippen MR) is 56.7 cm³/mol. The molecule has 4 heteroatoms. The average Bonchev–Trinajstić information content (AvgIpc) is 2.64. The van der Waals surface area contributed by atoms with E-state index in [9.17, 15) is 0 Å². The third-order valence-electron chi connectivity index (χ3n) is 1.96. The Hall–Kier alpha value is -0.540. The summed E-state index contributed by atoms with van der Waals surface area (Å²) in [5, 5.41) is 2.05. The number of unbranched alkanes of at least 4 members (excludes halogenated alkanes) is 1. The predicted octanol–water partition coefficient (Wildman–Crippen LogP) is 2.96. The Morgan fingerprint density at radius 3 is 3.15 bits per heavy atom.